The maximum atomic E-state index is 5.78. The van der Waals surface area contributed by atoms with Gasteiger partial charge in [0.1, 0.15) is 24.6 Å². The second kappa shape index (κ2) is 14.5. The lowest BCUT2D eigenvalue weighted by molar-refractivity contribution is -0.686. The molecule has 0 aliphatic heterocycles. The van der Waals surface area contributed by atoms with Crippen LogP contribution in [0.2, 0.25) is 0 Å². The zero-order valence-corrected chi connectivity index (χ0v) is 17.7. The van der Waals surface area contributed by atoms with Gasteiger partial charge in [-0.25, -0.2) is 0 Å². The van der Waals surface area contributed by atoms with Crippen LogP contribution in [-0.2, 0) is 13.1 Å². The lowest BCUT2D eigenvalue weighted by atomic mass is 10.2. The third-order valence-electron chi connectivity index (χ3n) is 4.75. The zero-order valence-electron chi connectivity index (χ0n) is 17.7. The molecule has 0 atom stereocenters. The van der Waals surface area contributed by atoms with Crippen LogP contribution in [0.25, 0.3) is 0 Å². The molecular formula is C26H36NO2+. The summed E-state index contributed by atoms with van der Waals surface area (Å²) in [7, 11) is 0. The second-order valence-electron chi connectivity index (χ2n) is 7.25. The number of hydrogen-bond acceptors (Lipinski definition) is 2. The zero-order chi connectivity index (χ0) is 20.6. The molecule has 2 aromatic carbocycles. The predicted molar refractivity (Wildman–Crippen MR) is 121 cm³/mol. The van der Waals surface area contributed by atoms with E-state index >= 15 is 0 Å². The lowest BCUT2D eigenvalue weighted by Crippen LogP contribution is -2.80. The average Bonchev–Trinajstić information content (AvgIpc) is 2.75. The van der Waals surface area contributed by atoms with Crippen LogP contribution in [0.1, 0.15) is 49.7 Å². The first-order valence-corrected chi connectivity index (χ1v) is 10.8. The molecule has 0 spiro atoms. The van der Waals surface area contributed by atoms with Crippen molar-refractivity contribution in [2.24, 2.45) is 0 Å². The SMILES string of the molecule is C=CCCCCOc1ccc(C[NH2+]Cc2ccc(OCCCCC=C)cc2)cc1. The predicted octanol–water partition coefficient (Wildman–Crippen LogP) is 5.42. The van der Waals surface area contributed by atoms with E-state index in [1.54, 1.807) is 0 Å². The Hall–Kier alpha value is -2.52. The topological polar surface area (TPSA) is 35.1 Å². The summed E-state index contributed by atoms with van der Waals surface area (Å²) < 4.78 is 11.6. The van der Waals surface area contributed by atoms with E-state index in [-0.39, 0.29) is 0 Å². The van der Waals surface area contributed by atoms with Gasteiger partial charge in [0.15, 0.2) is 0 Å². The van der Waals surface area contributed by atoms with Crippen molar-refractivity contribution in [3.05, 3.63) is 85.0 Å². The van der Waals surface area contributed by atoms with Crippen LogP contribution in [0.15, 0.2) is 73.8 Å². The maximum absolute atomic E-state index is 5.78. The summed E-state index contributed by atoms with van der Waals surface area (Å²) in [6.45, 7) is 10.9. The fourth-order valence-electron chi connectivity index (χ4n) is 3.01. The fourth-order valence-corrected chi connectivity index (χ4v) is 3.01. The summed E-state index contributed by atoms with van der Waals surface area (Å²) in [6, 6.07) is 16.9. The molecule has 29 heavy (non-hydrogen) atoms. The van der Waals surface area contributed by atoms with E-state index in [1.807, 2.05) is 12.2 Å². The molecule has 3 heteroatoms. The number of allylic oxidation sites excluding steroid dienone is 2. The van der Waals surface area contributed by atoms with Crippen molar-refractivity contribution in [2.45, 2.75) is 51.6 Å². The first-order chi connectivity index (χ1) is 14.3. The van der Waals surface area contributed by atoms with Gasteiger partial charge in [0.2, 0.25) is 0 Å². The molecule has 0 unspecified atom stereocenters. The molecule has 156 valence electrons. The van der Waals surface area contributed by atoms with Crippen molar-refractivity contribution in [1.82, 2.24) is 0 Å². The minimum Gasteiger partial charge on any atom is -0.494 e. The normalized spacial score (nSPS) is 10.5. The van der Waals surface area contributed by atoms with Gasteiger partial charge in [0, 0.05) is 11.1 Å². The Morgan fingerprint density at radius 1 is 0.621 bits per heavy atom. The van der Waals surface area contributed by atoms with Crippen molar-refractivity contribution < 1.29 is 14.8 Å². The number of nitrogens with two attached hydrogens (primary N) is 1. The molecule has 0 aliphatic rings. The summed E-state index contributed by atoms with van der Waals surface area (Å²) in [5.74, 6) is 1.90. The van der Waals surface area contributed by atoms with Gasteiger partial charge in [0.05, 0.1) is 13.2 Å². The van der Waals surface area contributed by atoms with Crippen LogP contribution in [0.5, 0.6) is 11.5 Å². The lowest BCUT2D eigenvalue weighted by Gasteiger charge is -2.08. The van der Waals surface area contributed by atoms with Gasteiger partial charge < -0.3 is 14.8 Å². The van der Waals surface area contributed by atoms with E-state index in [9.17, 15) is 0 Å². The minimum atomic E-state index is 0.772. The van der Waals surface area contributed by atoms with Crippen molar-refractivity contribution in [3.8, 4) is 11.5 Å². The van der Waals surface area contributed by atoms with Crippen molar-refractivity contribution in [1.29, 1.82) is 0 Å². The number of hydrogen-bond donors (Lipinski definition) is 1. The Kier molecular flexibility index (Phi) is 11.4. The van der Waals surface area contributed by atoms with Crippen LogP contribution in [-0.4, -0.2) is 13.2 Å². The maximum Gasteiger partial charge on any atom is 0.119 e. The molecule has 0 bridgehead atoms. The summed E-state index contributed by atoms with van der Waals surface area (Å²) in [5.41, 5.74) is 2.62. The van der Waals surface area contributed by atoms with Crippen LogP contribution >= 0.6 is 0 Å². The van der Waals surface area contributed by atoms with Crippen molar-refractivity contribution in [3.63, 3.8) is 0 Å². The van der Waals surface area contributed by atoms with Crippen molar-refractivity contribution >= 4 is 0 Å². The molecule has 0 radical (unpaired) electrons. The summed E-state index contributed by atoms with van der Waals surface area (Å²) in [4.78, 5) is 0. The molecular weight excluding hydrogens is 358 g/mol. The molecule has 3 nitrogen and oxygen atoms in total. The van der Waals surface area contributed by atoms with E-state index in [2.05, 4.69) is 67.0 Å². The number of benzene rings is 2. The molecule has 0 aliphatic carbocycles. The van der Waals surface area contributed by atoms with Crippen molar-refractivity contribution in [2.75, 3.05) is 13.2 Å². The number of unbranched alkanes of at least 4 members (excludes halogenated alkanes) is 4. The Labute approximate surface area is 176 Å². The minimum absolute atomic E-state index is 0.772. The van der Waals surface area contributed by atoms with Gasteiger partial charge in [0.25, 0.3) is 0 Å². The molecule has 0 fully saturated rings. The van der Waals surface area contributed by atoms with E-state index in [0.717, 1.165) is 76.3 Å². The second-order valence-corrected chi connectivity index (χ2v) is 7.25. The third-order valence-corrected chi connectivity index (χ3v) is 4.75. The first kappa shape index (κ1) is 22.8. The van der Waals surface area contributed by atoms with Crippen LogP contribution < -0.4 is 14.8 Å². The molecule has 0 saturated heterocycles. The van der Waals surface area contributed by atoms with Gasteiger partial charge in [-0.3, -0.25) is 0 Å². The molecule has 0 amide bonds. The molecule has 2 rings (SSSR count). The number of ether oxygens (including phenoxy) is 2. The summed E-state index contributed by atoms with van der Waals surface area (Å²) in [6.07, 6.45) is 10.5. The number of rotatable bonds is 16. The van der Waals surface area contributed by atoms with Gasteiger partial charge in [-0.2, -0.15) is 0 Å². The van der Waals surface area contributed by atoms with E-state index < -0.39 is 0 Å². The highest BCUT2D eigenvalue weighted by molar-refractivity contribution is 5.27. The monoisotopic (exact) mass is 394 g/mol. The largest absolute Gasteiger partial charge is 0.494 e. The first-order valence-electron chi connectivity index (χ1n) is 10.8. The molecule has 2 N–H and O–H groups in total. The standard InChI is InChI=1S/C26H35NO2/c1-3-5-7-9-19-28-25-15-11-23(12-16-25)21-27-22-24-13-17-26(18-14-24)29-20-10-8-6-4-2/h3-4,11-18,27H,1-2,5-10,19-22H2/p+1. The van der Waals surface area contributed by atoms with Crippen LogP contribution in [0.4, 0.5) is 0 Å². The van der Waals surface area contributed by atoms with Crippen LogP contribution in [0.3, 0.4) is 0 Å². The Balaban J connectivity index is 1.62. The van der Waals surface area contributed by atoms with Crippen LogP contribution in [0, 0.1) is 0 Å². The average molecular weight is 395 g/mol. The molecule has 0 saturated carbocycles. The highest BCUT2D eigenvalue weighted by Gasteiger charge is 2.01. The fraction of sp³-hybridized carbons (Fsp3) is 0.385. The highest BCUT2D eigenvalue weighted by atomic mass is 16.5. The Morgan fingerprint density at radius 2 is 1.03 bits per heavy atom. The van der Waals surface area contributed by atoms with Gasteiger partial charge in [-0.15, -0.1) is 13.2 Å². The Morgan fingerprint density at radius 3 is 1.41 bits per heavy atom. The summed E-state index contributed by atoms with van der Waals surface area (Å²) >= 11 is 0. The van der Waals surface area contributed by atoms with Gasteiger partial charge in [-0.05, 0) is 87.1 Å². The van der Waals surface area contributed by atoms with E-state index in [0.29, 0.717) is 0 Å². The third kappa shape index (κ3) is 10.00. The highest BCUT2D eigenvalue weighted by Crippen LogP contribution is 2.14. The quantitative estimate of drug-likeness (QED) is 0.305. The number of quaternary nitrogens is 1. The molecule has 0 heterocycles. The van der Waals surface area contributed by atoms with E-state index in [4.69, 9.17) is 9.47 Å². The van der Waals surface area contributed by atoms with E-state index in [1.165, 1.54) is 11.1 Å². The summed E-state index contributed by atoms with van der Waals surface area (Å²) in [5, 5.41) is 2.32. The smallest absolute Gasteiger partial charge is 0.119 e. The molecule has 0 aromatic heterocycles. The van der Waals surface area contributed by atoms with Gasteiger partial charge >= 0.3 is 0 Å². The molecule has 2 aromatic rings. The Bertz CT molecular complexity index is 630. The van der Waals surface area contributed by atoms with Gasteiger partial charge in [-0.1, -0.05) is 12.2 Å².